The van der Waals surface area contributed by atoms with Gasteiger partial charge in [0.2, 0.25) is 11.8 Å². The first-order valence-electron chi connectivity index (χ1n) is 8.05. The zero-order chi connectivity index (χ0) is 17.3. The van der Waals surface area contributed by atoms with Gasteiger partial charge in [0.15, 0.2) is 0 Å². The Labute approximate surface area is 146 Å². The van der Waals surface area contributed by atoms with Crippen molar-refractivity contribution in [2.75, 3.05) is 38.8 Å². The van der Waals surface area contributed by atoms with Crippen molar-refractivity contribution < 1.29 is 19.1 Å². The van der Waals surface area contributed by atoms with E-state index in [1.165, 1.54) is 14.2 Å². The van der Waals surface area contributed by atoms with Crippen LogP contribution in [0.4, 0.5) is 5.69 Å². The van der Waals surface area contributed by atoms with Crippen molar-refractivity contribution in [3.05, 3.63) is 17.2 Å². The number of nitrogens with zero attached hydrogens (tertiary/aromatic N) is 2. The van der Waals surface area contributed by atoms with Gasteiger partial charge in [0, 0.05) is 38.2 Å². The van der Waals surface area contributed by atoms with E-state index in [0.717, 1.165) is 25.9 Å². The van der Waals surface area contributed by atoms with E-state index in [2.05, 4.69) is 0 Å². The first kappa shape index (κ1) is 16.9. The zero-order valence-corrected chi connectivity index (χ0v) is 14.6. The van der Waals surface area contributed by atoms with E-state index in [1.807, 2.05) is 4.90 Å². The molecule has 0 radical (unpaired) electrons. The van der Waals surface area contributed by atoms with Gasteiger partial charge in [0.25, 0.3) is 0 Å². The summed E-state index contributed by atoms with van der Waals surface area (Å²) in [4.78, 5) is 28.5. The summed E-state index contributed by atoms with van der Waals surface area (Å²) < 4.78 is 10.6. The molecule has 0 aromatic heterocycles. The molecule has 2 heterocycles. The molecule has 2 aliphatic heterocycles. The third-order valence-electron chi connectivity index (χ3n) is 4.64. The molecular weight excluding hydrogens is 332 g/mol. The lowest BCUT2D eigenvalue weighted by atomic mass is 10.1. The Bertz CT molecular complexity index is 658. The molecule has 0 bridgehead atoms. The highest BCUT2D eigenvalue weighted by atomic mass is 35.5. The maximum absolute atomic E-state index is 12.6. The fourth-order valence-corrected chi connectivity index (χ4v) is 3.59. The van der Waals surface area contributed by atoms with Crippen LogP contribution in [-0.4, -0.2) is 50.6 Å². The van der Waals surface area contributed by atoms with Gasteiger partial charge in [0.05, 0.1) is 30.8 Å². The van der Waals surface area contributed by atoms with Gasteiger partial charge in [-0.2, -0.15) is 0 Å². The summed E-state index contributed by atoms with van der Waals surface area (Å²) in [5.41, 5.74) is 0.584. The minimum Gasteiger partial charge on any atom is -0.495 e. The van der Waals surface area contributed by atoms with Crippen molar-refractivity contribution in [3.8, 4) is 11.5 Å². The summed E-state index contributed by atoms with van der Waals surface area (Å²) in [7, 11) is 3.04. The maximum Gasteiger partial charge on any atom is 0.228 e. The van der Waals surface area contributed by atoms with Crippen LogP contribution >= 0.6 is 11.6 Å². The molecule has 7 heteroatoms. The van der Waals surface area contributed by atoms with Gasteiger partial charge < -0.3 is 19.3 Å². The van der Waals surface area contributed by atoms with Crippen molar-refractivity contribution >= 4 is 29.1 Å². The van der Waals surface area contributed by atoms with Crippen molar-refractivity contribution in [2.24, 2.45) is 5.92 Å². The number of hydrogen-bond donors (Lipinski definition) is 0. The number of amides is 2. The van der Waals surface area contributed by atoms with Crippen LogP contribution in [-0.2, 0) is 9.59 Å². The molecule has 24 heavy (non-hydrogen) atoms. The lowest BCUT2D eigenvalue weighted by molar-refractivity contribution is -0.134. The quantitative estimate of drug-likeness (QED) is 0.834. The van der Waals surface area contributed by atoms with Crippen LogP contribution in [0.2, 0.25) is 5.02 Å². The molecule has 6 nitrogen and oxygen atoms in total. The van der Waals surface area contributed by atoms with Crippen molar-refractivity contribution in [1.29, 1.82) is 0 Å². The number of rotatable bonds is 4. The van der Waals surface area contributed by atoms with E-state index in [1.54, 1.807) is 17.0 Å². The van der Waals surface area contributed by atoms with Crippen LogP contribution < -0.4 is 14.4 Å². The molecule has 2 aliphatic rings. The molecule has 2 saturated heterocycles. The number of ether oxygens (including phenoxy) is 2. The molecule has 0 aliphatic carbocycles. The number of likely N-dealkylation sites (tertiary alicyclic amines) is 1. The van der Waals surface area contributed by atoms with Gasteiger partial charge in [-0.15, -0.1) is 0 Å². The monoisotopic (exact) mass is 352 g/mol. The number of anilines is 1. The second kappa shape index (κ2) is 6.89. The van der Waals surface area contributed by atoms with Gasteiger partial charge in [-0.25, -0.2) is 0 Å². The Balaban J connectivity index is 1.84. The molecule has 1 aromatic rings. The second-order valence-electron chi connectivity index (χ2n) is 6.10. The van der Waals surface area contributed by atoms with Crippen LogP contribution in [0.3, 0.4) is 0 Å². The Kier molecular flexibility index (Phi) is 4.85. The van der Waals surface area contributed by atoms with E-state index in [0.29, 0.717) is 28.8 Å². The number of halogens is 1. The maximum atomic E-state index is 12.6. The lowest BCUT2D eigenvalue weighted by Gasteiger charge is -2.22. The van der Waals surface area contributed by atoms with Crippen molar-refractivity contribution in [3.63, 3.8) is 0 Å². The summed E-state index contributed by atoms with van der Waals surface area (Å²) in [5.74, 6) is 0.637. The molecule has 2 amide bonds. The van der Waals surface area contributed by atoms with E-state index in [-0.39, 0.29) is 24.2 Å². The molecule has 1 atom stereocenters. The molecule has 130 valence electrons. The van der Waals surface area contributed by atoms with Gasteiger partial charge in [0.1, 0.15) is 11.5 Å². The zero-order valence-electron chi connectivity index (χ0n) is 13.9. The number of carbonyl (C=O) groups is 2. The Morgan fingerprint density at radius 1 is 1.17 bits per heavy atom. The average molecular weight is 353 g/mol. The van der Waals surface area contributed by atoms with Crippen LogP contribution in [0.15, 0.2) is 12.1 Å². The van der Waals surface area contributed by atoms with Gasteiger partial charge in [-0.1, -0.05) is 11.6 Å². The van der Waals surface area contributed by atoms with Crippen LogP contribution in [0.1, 0.15) is 19.3 Å². The first-order valence-corrected chi connectivity index (χ1v) is 8.43. The van der Waals surface area contributed by atoms with E-state index in [9.17, 15) is 9.59 Å². The fourth-order valence-electron chi connectivity index (χ4n) is 3.36. The van der Waals surface area contributed by atoms with Gasteiger partial charge in [-0.3, -0.25) is 9.59 Å². The van der Waals surface area contributed by atoms with Gasteiger partial charge in [-0.05, 0) is 12.8 Å². The molecule has 1 aromatic carbocycles. The topological polar surface area (TPSA) is 59.1 Å². The summed E-state index contributed by atoms with van der Waals surface area (Å²) >= 11 is 6.12. The van der Waals surface area contributed by atoms with Crippen molar-refractivity contribution in [2.45, 2.75) is 19.3 Å². The van der Waals surface area contributed by atoms with Crippen LogP contribution in [0, 0.1) is 5.92 Å². The van der Waals surface area contributed by atoms with E-state index in [4.69, 9.17) is 21.1 Å². The van der Waals surface area contributed by atoms with Gasteiger partial charge >= 0.3 is 0 Å². The molecule has 1 unspecified atom stereocenters. The number of benzene rings is 1. The van der Waals surface area contributed by atoms with E-state index < -0.39 is 0 Å². The highest BCUT2D eigenvalue weighted by molar-refractivity contribution is 6.32. The summed E-state index contributed by atoms with van der Waals surface area (Å²) in [6, 6.07) is 3.31. The third-order valence-corrected chi connectivity index (χ3v) is 4.93. The largest absolute Gasteiger partial charge is 0.495 e. The predicted molar refractivity (Wildman–Crippen MR) is 90.8 cm³/mol. The summed E-state index contributed by atoms with van der Waals surface area (Å²) in [6.07, 6.45) is 2.31. The highest BCUT2D eigenvalue weighted by Crippen LogP contribution is 2.40. The Morgan fingerprint density at radius 2 is 1.83 bits per heavy atom. The number of hydrogen-bond acceptors (Lipinski definition) is 4. The highest BCUT2D eigenvalue weighted by Gasteiger charge is 2.39. The molecule has 2 fully saturated rings. The minimum absolute atomic E-state index is 0.0724. The predicted octanol–water partition coefficient (Wildman–Crippen LogP) is 2.33. The normalized spacial score (nSPS) is 20.6. The second-order valence-corrected chi connectivity index (χ2v) is 6.50. The third kappa shape index (κ3) is 3.02. The molecule has 3 rings (SSSR count). The fraction of sp³-hybridized carbons (Fsp3) is 0.529. The molecular formula is C17H21ClN2O4. The Hall–Kier alpha value is -1.95. The standard InChI is InChI=1S/C17H21ClN2O4/c1-23-14-9-13(15(24-2)8-12(14)18)20-10-11(7-16(20)21)17(22)19-5-3-4-6-19/h8-9,11H,3-7,10H2,1-2H3. The molecule has 0 saturated carbocycles. The average Bonchev–Trinajstić information content (AvgIpc) is 3.23. The number of methoxy groups -OCH3 is 2. The summed E-state index contributed by atoms with van der Waals surface area (Å²) in [5, 5.41) is 0.412. The minimum atomic E-state index is -0.304. The van der Waals surface area contributed by atoms with Crippen LogP contribution in [0.5, 0.6) is 11.5 Å². The van der Waals surface area contributed by atoms with E-state index >= 15 is 0 Å². The number of carbonyl (C=O) groups excluding carboxylic acids is 2. The smallest absolute Gasteiger partial charge is 0.228 e. The van der Waals surface area contributed by atoms with Crippen molar-refractivity contribution in [1.82, 2.24) is 4.90 Å². The molecule has 0 spiro atoms. The lowest BCUT2D eigenvalue weighted by Crippen LogP contribution is -2.35. The first-order chi connectivity index (χ1) is 11.5. The Morgan fingerprint density at radius 3 is 2.46 bits per heavy atom. The summed E-state index contributed by atoms with van der Waals surface area (Å²) in [6.45, 7) is 1.94. The SMILES string of the molecule is COc1cc(N2CC(C(=O)N3CCCC3)CC2=O)c(OC)cc1Cl. The molecule has 0 N–H and O–H groups in total. The van der Waals surface area contributed by atoms with Crippen LogP contribution in [0.25, 0.3) is 0 Å².